The number of hydrogen-bond acceptors (Lipinski definition) is 4. The summed E-state index contributed by atoms with van der Waals surface area (Å²) in [5.74, 6) is 0.261. The van der Waals surface area contributed by atoms with E-state index in [-0.39, 0.29) is 5.97 Å². The summed E-state index contributed by atoms with van der Waals surface area (Å²) >= 11 is 0. The molecule has 0 atom stereocenters. The number of ether oxygens (including phenoxy) is 1. The Morgan fingerprint density at radius 1 is 1.35 bits per heavy atom. The Balaban J connectivity index is 0.000000956. The SMILES string of the molecule is CC.CCOC(=O)c1cc(C)nn1-c1ncccc1C. The molecule has 20 heavy (non-hydrogen) atoms. The third-order valence-electron chi connectivity index (χ3n) is 2.50. The minimum atomic E-state index is -0.386. The van der Waals surface area contributed by atoms with Crippen LogP contribution < -0.4 is 0 Å². The minimum absolute atomic E-state index is 0.338. The lowest BCUT2D eigenvalue weighted by atomic mass is 10.3. The third kappa shape index (κ3) is 3.44. The van der Waals surface area contributed by atoms with Gasteiger partial charge in [-0.3, -0.25) is 0 Å². The number of carbonyl (C=O) groups is 1. The van der Waals surface area contributed by atoms with Crippen molar-refractivity contribution in [2.75, 3.05) is 6.61 Å². The lowest BCUT2D eigenvalue weighted by Crippen LogP contribution is -2.13. The van der Waals surface area contributed by atoms with E-state index >= 15 is 0 Å². The topological polar surface area (TPSA) is 57.0 Å². The fraction of sp³-hybridized carbons (Fsp3) is 0.400. The number of aryl methyl sites for hydroxylation is 2. The maximum absolute atomic E-state index is 11.9. The molecule has 0 saturated carbocycles. The molecule has 5 heteroatoms. The molecule has 2 aromatic heterocycles. The molecule has 0 amide bonds. The fourth-order valence-electron chi connectivity index (χ4n) is 1.71. The Morgan fingerprint density at radius 2 is 2.05 bits per heavy atom. The van der Waals surface area contributed by atoms with Gasteiger partial charge in [-0.15, -0.1) is 0 Å². The van der Waals surface area contributed by atoms with E-state index in [0.717, 1.165) is 11.3 Å². The van der Waals surface area contributed by atoms with E-state index in [2.05, 4.69) is 10.1 Å². The van der Waals surface area contributed by atoms with Crippen molar-refractivity contribution in [3.63, 3.8) is 0 Å². The van der Waals surface area contributed by atoms with Gasteiger partial charge in [0.25, 0.3) is 0 Å². The Kier molecular flexibility index (Phi) is 5.90. The van der Waals surface area contributed by atoms with E-state index in [4.69, 9.17) is 4.74 Å². The molecule has 0 aliphatic carbocycles. The van der Waals surface area contributed by atoms with Gasteiger partial charge in [0.15, 0.2) is 11.5 Å². The average Bonchev–Trinajstić information content (AvgIpc) is 2.84. The van der Waals surface area contributed by atoms with Gasteiger partial charge in [0.05, 0.1) is 12.3 Å². The van der Waals surface area contributed by atoms with Gasteiger partial charge in [0.1, 0.15) is 0 Å². The van der Waals surface area contributed by atoms with Crippen molar-refractivity contribution in [2.24, 2.45) is 0 Å². The van der Waals surface area contributed by atoms with E-state index in [1.807, 2.05) is 39.8 Å². The fourth-order valence-corrected chi connectivity index (χ4v) is 1.71. The van der Waals surface area contributed by atoms with Crippen LogP contribution in [-0.2, 0) is 4.74 Å². The van der Waals surface area contributed by atoms with Crippen molar-refractivity contribution in [3.8, 4) is 5.82 Å². The molecule has 0 unspecified atom stereocenters. The Morgan fingerprint density at radius 3 is 2.65 bits per heavy atom. The normalized spacial score (nSPS) is 9.65. The second-order valence-corrected chi connectivity index (χ2v) is 3.95. The highest BCUT2D eigenvalue weighted by atomic mass is 16.5. The van der Waals surface area contributed by atoms with Crippen LogP contribution in [-0.4, -0.2) is 27.3 Å². The van der Waals surface area contributed by atoms with Crippen LogP contribution in [0.4, 0.5) is 0 Å². The molecule has 108 valence electrons. The number of pyridine rings is 1. The summed E-state index contributed by atoms with van der Waals surface area (Å²) in [4.78, 5) is 16.1. The summed E-state index contributed by atoms with van der Waals surface area (Å²) in [6.45, 7) is 9.87. The van der Waals surface area contributed by atoms with Gasteiger partial charge in [0.2, 0.25) is 0 Å². The largest absolute Gasteiger partial charge is 0.461 e. The Labute approximate surface area is 119 Å². The number of carbonyl (C=O) groups excluding carboxylic acids is 1. The zero-order valence-corrected chi connectivity index (χ0v) is 12.7. The van der Waals surface area contributed by atoms with Crippen molar-refractivity contribution >= 4 is 5.97 Å². The van der Waals surface area contributed by atoms with Gasteiger partial charge in [-0.05, 0) is 38.5 Å². The molecule has 2 rings (SSSR count). The van der Waals surface area contributed by atoms with Crippen LogP contribution in [0.5, 0.6) is 0 Å². The van der Waals surface area contributed by atoms with Crippen LogP contribution in [0.2, 0.25) is 0 Å². The van der Waals surface area contributed by atoms with Crippen molar-refractivity contribution < 1.29 is 9.53 Å². The molecule has 5 nitrogen and oxygen atoms in total. The van der Waals surface area contributed by atoms with E-state index in [0.29, 0.717) is 18.1 Å². The molecule has 0 radical (unpaired) electrons. The molecule has 0 bridgehead atoms. The summed E-state index contributed by atoms with van der Waals surface area (Å²) in [6.07, 6.45) is 1.67. The van der Waals surface area contributed by atoms with Gasteiger partial charge in [-0.25, -0.2) is 14.5 Å². The molecule has 0 aliphatic rings. The summed E-state index contributed by atoms with van der Waals surface area (Å²) < 4.78 is 6.55. The molecule has 0 aromatic carbocycles. The van der Waals surface area contributed by atoms with Gasteiger partial charge in [0, 0.05) is 6.20 Å². The second-order valence-electron chi connectivity index (χ2n) is 3.95. The van der Waals surface area contributed by atoms with Crippen LogP contribution in [0.15, 0.2) is 24.4 Å². The first-order chi connectivity index (χ1) is 9.63. The average molecular weight is 275 g/mol. The number of nitrogens with zero attached hydrogens (tertiary/aromatic N) is 3. The first kappa shape index (κ1) is 15.9. The standard InChI is InChI=1S/C13H15N3O2.C2H6/c1-4-18-13(17)11-8-10(3)15-16(11)12-9(2)6-5-7-14-12;1-2/h5-8H,4H2,1-3H3;1-2H3. The number of esters is 1. The highest BCUT2D eigenvalue weighted by Gasteiger charge is 2.17. The predicted molar refractivity (Wildman–Crippen MR) is 78.1 cm³/mol. The molecule has 0 fully saturated rings. The molecule has 2 heterocycles. The molecule has 0 aliphatic heterocycles. The van der Waals surface area contributed by atoms with Gasteiger partial charge in [-0.2, -0.15) is 5.10 Å². The zero-order valence-electron chi connectivity index (χ0n) is 12.7. The van der Waals surface area contributed by atoms with Crippen LogP contribution in [0.1, 0.15) is 42.5 Å². The van der Waals surface area contributed by atoms with E-state index in [1.165, 1.54) is 4.68 Å². The quantitative estimate of drug-likeness (QED) is 0.808. The molecular weight excluding hydrogens is 254 g/mol. The Hall–Kier alpha value is -2.17. The lowest BCUT2D eigenvalue weighted by Gasteiger charge is -2.07. The van der Waals surface area contributed by atoms with Crippen molar-refractivity contribution in [3.05, 3.63) is 41.3 Å². The first-order valence-corrected chi connectivity index (χ1v) is 6.79. The molecular formula is C15H21N3O2. The number of hydrogen-bond donors (Lipinski definition) is 0. The maximum atomic E-state index is 11.9. The van der Waals surface area contributed by atoms with Gasteiger partial charge < -0.3 is 4.74 Å². The van der Waals surface area contributed by atoms with Crippen molar-refractivity contribution in [1.29, 1.82) is 0 Å². The molecule has 0 N–H and O–H groups in total. The number of rotatable bonds is 3. The maximum Gasteiger partial charge on any atom is 0.357 e. The smallest absolute Gasteiger partial charge is 0.357 e. The third-order valence-corrected chi connectivity index (χ3v) is 2.50. The molecule has 0 saturated heterocycles. The van der Waals surface area contributed by atoms with E-state index in [1.54, 1.807) is 19.2 Å². The van der Waals surface area contributed by atoms with Crippen LogP contribution >= 0.6 is 0 Å². The van der Waals surface area contributed by atoms with Crippen molar-refractivity contribution in [1.82, 2.24) is 14.8 Å². The predicted octanol–water partition coefficient (Wildman–Crippen LogP) is 3.09. The zero-order chi connectivity index (χ0) is 15.1. The van der Waals surface area contributed by atoms with Gasteiger partial charge in [-0.1, -0.05) is 19.9 Å². The van der Waals surface area contributed by atoms with Crippen molar-refractivity contribution in [2.45, 2.75) is 34.6 Å². The number of aromatic nitrogens is 3. The molecule has 2 aromatic rings. The monoisotopic (exact) mass is 275 g/mol. The van der Waals surface area contributed by atoms with Crippen LogP contribution in [0.25, 0.3) is 5.82 Å². The highest BCUT2D eigenvalue weighted by molar-refractivity contribution is 5.88. The minimum Gasteiger partial charge on any atom is -0.461 e. The molecule has 0 spiro atoms. The van der Waals surface area contributed by atoms with Crippen LogP contribution in [0.3, 0.4) is 0 Å². The van der Waals surface area contributed by atoms with E-state index in [9.17, 15) is 4.79 Å². The summed E-state index contributed by atoms with van der Waals surface area (Å²) in [5, 5.41) is 4.30. The van der Waals surface area contributed by atoms with Crippen LogP contribution in [0, 0.1) is 13.8 Å². The summed E-state index contributed by atoms with van der Waals surface area (Å²) in [5.41, 5.74) is 2.10. The lowest BCUT2D eigenvalue weighted by molar-refractivity contribution is 0.0515. The van der Waals surface area contributed by atoms with E-state index < -0.39 is 0 Å². The summed E-state index contributed by atoms with van der Waals surface area (Å²) in [6, 6.07) is 5.47. The highest BCUT2D eigenvalue weighted by Crippen LogP contribution is 2.14. The first-order valence-electron chi connectivity index (χ1n) is 6.79. The summed E-state index contributed by atoms with van der Waals surface area (Å²) in [7, 11) is 0. The Bertz CT molecular complexity index is 576. The second kappa shape index (κ2) is 7.43. The van der Waals surface area contributed by atoms with Gasteiger partial charge >= 0.3 is 5.97 Å².